The molecular formula is C15H20BrNO2. The van der Waals surface area contributed by atoms with Crippen LogP contribution < -0.4 is 5.32 Å². The minimum atomic E-state index is -0.108. The lowest BCUT2D eigenvalue weighted by atomic mass is 10.0. The number of benzene rings is 1. The van der Waals surface area contributed by atoms with Crippen molar-refractivity contribution in [2.24, 2.45) is 0 Å². The minimum absolute atomic E-state index is 0.108. The summed E-state index contributed by atoms with van der Waals surface area (Å²) in [5, 5.41) is 3.44. The van der Waals surface area contributed by atoms with Gasteiger partial charge in [0, 0.05) is 22.5 Å². The Morgan fingerprint density at radius 1 is 1.37 bits per heavy atom. The third-order valence-electron chi connectivity index (χ3n) is 3.46. The van der Waals surface area contributed by atoms with E-state index in [4.69, 9.17) is 4.74 Å². The van der Waals surface area contributed by atoms with Crippen LogP contribution in [0.25, 0.3) is 0 Å². The maximum atomic E-state index is 11.7. The highest BCUT2D eigenvalue weighted by Gasteiger charge is 2.14. The van der Waals surface area contributed by atoms with Crippen molar-refractivity contribution in [3.05, 3.63) is 34.3 Å². The molecule has 1 saturated heterocycles. The highest BCUT2D eigenvalue weighted by molar-refractivity contribution is 9.10. The number of ether oxygens (including phenoxy) is 1. The van der Waals surface area contributed by atoms with E-state index in [-0.39, 0.29) is 5.97 Å². The molecule has 0 bridgehead atoms. The molecule has 0 saturated carbocycles. The van der Waals surface area contributed by atoms with Gasteiger partial charge >= 0.3 is 5.97 Å². The van der Waals surface area contributed by atoms with Crippen LogP contribution in [0.4, 0.5) is 0 Å². The molecule has 0 aromatic heterocycles. The molecule has 1 aromatic rings. The molecular weight excluding hydrogens is 306 g/mol. The van der Waals surface area contributed by atoms with Gasteiger partial charge in [0.25, 0.3) is 0 Å². The zero-order valence-corrected chi connectivity index (χ0v) is 12.6. The Kier molecular flexibility index (Phi) is 5.86. The largest absolute Gasteiger partial charge is 0.461 e. The Balaban J connectivity index is 1.68. The van der Waals surface area contributed by atoms with Gasteiger partial charge in [0.05, 0.1) is 0 Å². The van der Waals surface area contributed by atoms with E-state index in [1.165, 1.54) is 19.3 Å². The van der Waals surface area contributed by atoms with Gasteiger partial charge in [0.1, 0.15) is 6.61 Å². The summed E-state index contributed by atoms with van der Waals surface area (Å²) in [6, 6.07) is 8.30. The van der Waals surface area contributed by atoms with Crippen LogP contribution in [-0.2, 0) is 16.1 Å². The van der Waals surface area contributed by atoms with Crippen molar-refractivity contribution in [1.82, 2.24) is 5.32 Å². The molecule has 3 nitrogen and oxygen atoms in total. The summed E-state index contributed by atoms with van der Waals surface area (Å²) in [5.74, 6) is -0.108. The van der Waals surface area contributed by atoms with Crippen LogP contribution in [-0.4, -0.2) is 18.6 Å². The number of carbonyl (C=O) groups excluding carboxylic acids is 1. The molecule has 2 rings (SSSR count). The third-order valence-corrected chi connectivity index (χ3v) is 4.23. The molecule has 104 valence electrons. The smallest absolute Gasteiger partial charge is 0.306 e. The van der Waals surface area contributed by atoms with Crippen LogP contribution in [0.3, 0.4) is 0 Å². The predicted molar refractivity (Wildman–Crippen MR) is 78.8 cm³/mol. The summed E-state index contributed by atoms with van der Waals surface area (Å²) in [6.45, 7) is 1.43. The number of halogens is 1. The van der Waals surface area contributed by atoms with E-state index >= 15 is 0 Å². The zero-order valence-electron chi connectivity index (χ0n) is 11.0. The summed E-state index contributed by atoms with van der Waals surface area (Å²) < 4.78 is 6.29. The van der Waals surface area contributed by atoms with E-state index in [1.807, 2.05) is 24.3 Å². The fraction of sp³-hybridized carbons (Fsp3) is 0.533. The SMILES string of the molecule is O=C(CCC1CCCCN1)OCc1ccccc1Br. The van der Waals surface area contributed by atoms with Crippen molar-refractivity contribution in [3.63, 3.8) is 0 Å². The summed E-state index contributed by atoms with van der Waals surface area (Å²) in [6.07, 6.45) is 5.08. The van der Waals surface area contributed by atoms with E-state index < -0.39 is 0 Å². The van der Waals surface area contributed by atoms with Crippen molar-refractivity contribution in [3.8, 4) is 0 Å². The standard InChI is InChI=1S/C15H20BrNO2/c16-14-7-2-1-5-12(14)11-19-15(18)9-8-13-6-3-4-10-17-13/h1-2,5,7,13,17H,3-4,6,8-11H2. The monoisotopic (exact) mass is 325 g/mol. The third kappa shape index (κ3) is 4.96. The molecule has 1 atom stereocenters. The minimum Gasteiger partial charge on any atom is -0.461 e. The van der Waals surface area contributed by atoms with Gasteiger partial charge in [-0.3, -0.25) is 4.79 Å². The van der Waals surface area contributed by atoms with Gasteiger partial charge in [-0.2, -0.15) is 0 Å². The summed E-state index contributed by atoms with van der Waals surface area (Å²) in [5.41, 5.74) is 1.01. The van der Waals surface area contributed by atoms with Gasteiger partial charge in [-0.25, -0.2) is 0 Å². The van der Waals surface area contributed by atoms with Crippen LogP contribution in [0.1, 0.15) is 37.7 Å². The van der Waals surface area contributed by atoms with E-state index in [9.17, 15) is 4.79 Å². The highest BCUT2D eigenvalue weighted by atomic mass is 79.9. The summed E-state index contributed by atoms with van der Waals surface area (Å²) >= 11 is 3.45. The summed E-state index contributed by atoms with van der Waals surface area (Å²) in [4.78, 5) is 11.7. The Morgan fingerprint density at radius 2 is 2.21 bits per heavy atom. The number of hydrogen-bond donors (Lipinski definition) is 1. The molecule has 0 radical (unpaired) electrons. The van der Waals surface area contributed by atoms with Crippen LogP contribution in [0.15, 0.2) is 28.7 Å². The average molecular weight is 326 g/mol. The fourth-order valence-corrected chi connectivity index (χ4v) is 2.71. The van der Waals surface area contributed by atoms with Crippen molar-refractivity contribution >= 4 is 21.9 Å². The van der Waals surface area contributed by atoms with Crippen LogP contribution in [0, 0.1) is 0 Å². The fourth-order valence-electron chi connectivity index (χ4n) is 2.31. The lowest BCUT2D eigenvalue weighted by Crippen LogP contribution is -2.34. The van der Waals surface area contributed by atoms with Crippen LogP contribution >= 0.6 is 15.9 Å². The van der Waals surface area contributed by atoms with Gasteiger partial charge in [-0.15, -0.1) is 0 Å². The molecule has 1 fully saturated rings. The second-order valence-corrected chi connectivity index (χ2v) is 5.79. The number of hydrogen-bond acceptors (Lipinski definition) is 3. The maximum absolute atomic E-state index is 11.7. The second kappa shape index (κ2) is 7.65. The van der Waals surface area contributed by atoms with E-state index in [0.717, 1.165) is 23.0 Å². The van der Waals surface area contributed by atoms with E-state index in [1.54, 1.807) is 0 Å². The first-order chi connectivity index (χ1) is 9.25. The molecule has 19 heavy (non-hydrogen) atoms. The normalized spacial score (nSPS) is 19.1. The Labute approximate surface area is 122 Å². The van der Waals surface area contributed by atoms with Crippen molar-refractivity contribution in [2.45, 2.75) is 44.8 Å². The molecule has 0 amide bonds. The molecule has 1 unspecified atom stereocenters. The molecule has 0 aliphatic carbocycles. The van der Waals surface area contributed by atoms with Crippen molar-refractivity contribution in [1.29, 1.82) is 0 Å². The van der Waals surface area contributed by atoms with E-state index in [0.29, 0.717) is 19.1 Å². The molecule has 1 heterocycles. The lowest BCUT2D eigenvalue weighted by molar-refractivity contribution is -0.145. The van der Waals surface area contributed by atoms with Crippen molar-refractivity contribution < 1.29 is 9.53 Å². The summed E-state index contributed by atoms with van der Waals surface area (Å²) in [7, 11) is 0. The van der Waals surface area contributed by atoms with Crippen LogP contribution in [0.5, 0.6) is 0 Å². The van der Waals surface area contributed by atoms with Gasteiger partial charge in [-0.05, 0) is 31.9 Å². The predicted octanol–water partition coefficient (Wildman–Crippen LogP) is 3.41. The Bertz CT molecular complexity index is 416. The number of piperidine rings is 1. The Hall–Kier alpha value is -0.870. The number of rotatable bonds is 5. The highest BCUT2D eigenvalue weighted by Crippen LogP contribution is 2.17. The number of nitrogens with one attached hydrogen (secondary N) is 1. The number of esters is 1. The lowest BCUT2D eigenvalue weighted by Gasteiger charge is -2.22. The van der Waals surface area contributed by atoms with Gasteiger partial charge < -0.3 is 10.1 Å². The Morgan fingerprint density at radius 3 is 2.95 bits per heavy atom. The maximum Gasteiger partial charge on any atom is 0.306 e. The first kappa shape index (κ1) is 14.5. The first-order valence-electron chi connectivity index (χ1n) is 6.88. The topological polar surface area (TPSA) is 38.3 Å². The molecule has 4 heteroatoms. The quantitative estimate of drug-likeness (QED) is 0.843. The van der Waals surface area contributed by atoms with Crippen molar-refractivity contribution in [2.75, 3.05) is 6.54 Å². The zero-order chi connectivity index (χ0) is 13.5. The first-order valence-corrected chi connectivity index (χ1v) is 7.67. The molecule has 1 aromatic carbocycles. The van der Waals surface area contributed by atoms with Crippen LogP contribution in [0.2, 0.25) is 0 Å². The number of carbonyl (C=O) groups is 1. The van der Waals surface area contributed by atoms with Gasteiger partial charge in [0.15, 0.2) is 0 Å². The van der Waals surface area contributed by atoms with E-state index in [2.05, 4.69) is 21.2 Å². The molecule has 1 N–H and O–H groups in total. The molecule has 1 aliphatic heterocycles. The second-order valence-electron chi connectivity index (χ2n) is 4.94. The average Bonchev–Trinajstić information content (AvgIpc) is 2.45. The van der Waals surface area contributed by atoms with Gasteiger partial charge in [-0.1, -0.05) is 40.5 Å². The van der Waals surface area contributed by atoms with Gasteiger partial charge in [0.2, 0.25) is 0 Å². The molecule has 1 aliphatic rings. The molecule has 0 spiro atoms.